The van der Waals surface area contributed by atoms with E-state index in [0.29, 0.717) is 46.9 Å². The lowest BCUT2D eigenvalue weighted by atomic mass is 9.87. The number of hydrogen-bond acceptors (Lipinski definition) is 15. The lowest BCUT2D eigenvalue weighted by Gasteiger charge is -2.29. The molecule has 372 valence electrons. The van der Waals surface area contributed by atoms with Crippen molar-refractivity contribution < 1.29 is 17.9 Å². The number of sulfone groups is 1. The number of nitrogens with zero attached hydrogens (tertiary/aromatic N) is 8. The van der Waals surface area contributed by atoms with E-state index in [1.807, 2.05) is 32.2 Å². The third kappa shape index (κ3) is 11.7. The third-order valence-corrected chi connectivity index (χ3v) is 15.4. The van der Waals surface area contributed by atoms with Crippen molar-refractivity contribution in [1.82, 2.24) is 45.0 Å². The van der Waals surface area contributed by atoms with E-state index in [1.165, 1.54) is 30.2 Å². The number of rotatable bonds is 14. The van der Waals surface area contributed by atoms with Crippen molar-refractivity contribution in [2.45, 2.75) is 101 Å². The molecule has 4 aromatic heterocycles. The highest BCUT2D eigenvalue weighted by Crippen LogP contribution is 2.39. The van der Waals surface area contributed by atoms with Crippen LogP contribution in [0, 0.1) is 6.92 Å². The molecule has 6 aromatic rings. The second-order valence-corrected chi connectivity index (χ2v) is 21.8. The van der Waals surface area contributed by atoms with Gasteiger partial charge in [0.2, 0.25) is 11.9 Å². The normalized spacial score (nSPS) is 15.8. The summed E-state index contributed by atoms with van der Waals surface area (Å²) >= 11 is 6.42. The van der Waals surface area contributed by atoms with Crippen molar-refractivity contribution >= 4 is 79.0 Å². The van der Waals surface area contributed by atoms with E-state index in [9.17, 15) is 13.2 Å². The zero-order valence-electron chi connectivity index (χ0n) is 41.2. The van der Waals surface area contributed by atoms with E-state index in [2.05, 4.69) is 81.1 Å². The summed E-state index contributed by atoms with van der Waals surface area (Å²) in [5.74, 6) is 3.02. The number of halogens is 1. The largest absolute Gasteiger partial charge is 0.489 e. The Labute approximate surface area is 416 Å². The Morgan fingerprint density at radius 1 is 0.814 bits per heavy atom. The number of hydrogen-bond donors (Lipinski definition) is 5. The SMILES string of the molecule is CN(C)C(=O)c1cc2cnc(Nc3ccc(N4CCNCC4)cn3)nc2n1C1CCCC1.Cc1cc(Nc2ncc(Cl)c(Nc3ccccc3S(=O)(=O)C(C)C)n2)c(OC(C)C)cc1C1CCNCC1. The van der Waals surface area contributed by atoms with Gasteiger partial charge < -0.3 is 45.7 Å². The number of anilines is 7. The second kappa shape index (κ2) is 22.3. The number of para-hydroxylation sites is 1. The number of carbonyl (C=O) groups is 1. The van der Waals surface area contributed by atoms with Crippen LogP contribution in [0.3, 0.4) is 0 Å². The minimum absolute atomic E-state index is 0.00502. The molecule has 1 amide bonds. The number of ether oxygens (including phenoxy) is 1. The molecule has 0 atom stereocenters. The summed E-state index contributed by atoms with van der Waals surface area (Å²) in [6, 6.07) is 17.2. The van der Waals surface area contributed by atoms with Gasteiger partial charge in [0.25, 0.3) is 5.91 Å². The number of piperazine rings is 1. The third-order valence-electron chi connectivity index (χ3n) is 12.9. The quantitative estimate of drug-likeness (QED) is 0.0692. The minimum atomic E-state index is -3.52. The van der Waals surface area contributed by atoms with Gasteiger partial charge in [-0.25, -0.2) is 23.4 Å². The Balaban J connectivity index is 0.000000191. The van der Waals surface area contributed by atoms with Crippen LogP contribution in [0.5, 0.6) is 5.75 Å². The van der Waals surface area contributed by atoms with Crippen molar-refractivity contribution in [2.24, 2.45) is 0 Å². The highest BCUT2D eigenvalue weighted by atomic mass is 35.5. The summed E-state index contributed by atoms with van der Waals surface area (Å²) in [6.45, 7) is 15.4. The number of aromatic nitrogens is 6. The van der Waals surface area contributed by atoms with Crippen LogP contribution in [0.2, 0.25) is 5.02 Å². The molecule has 0 unspecified atom stereocenters. The van der Waals surface area contributed by atoms with Gasteiger partial charge in [-0.1, -0.05) is 36.6 Å². The number of aryl methyl sites for hydroxylation is 1. The number of carbonyl (C=O) groups excluding carboxylic acids is 1. The van der Waals surface area contributed by atoms with Gasteiger partial charge in [0.05, 0.1) is 45.7 Å². The van der Waals surface area contributed by atoms with Gasteiger partial charge >= 0.3 is 0 Å². The summed E-state index contributed by atoms with van der Waals surface area (Å²) < 4.78 is 34.1. The van der Waals surface area contributed by atoms with Gasteiger partial charge in [0.1, 0.15) is 27.9 Å². The lowest BCUT2D eigenvalue weighted by Crippen LogP contribution is -2.43. The predicted molar refractivity (Wildman–Crippen MR) is 280 cm³/mol. The fourth-order valence-electron chi connectivity index (χ4n) is 9.24. The Hall–Kier alpha value is -6.08. The summed E-state index contributed by atoms with van der Waals surface area (Å²) in [7, 11) is 0.0505. The number of nitrogens with one attached hydrogen (secondary N) is 5. The summed E-state index contributed by atoms with van der Waals surface area (Å²) in [6.07, 6.45) is 11.8. The van der Waals surface area contributed by atoms with Crippen molar-refractivity contribution in [3.63, 3.8) is 0 Å². The fourth-order valence-corrected chi connectivity index (χ4v) is 10.6. The highest BCUT2D eigenvalue weighted by molar-refractivity contribution is 7.92. The van der Waals surface area contributed by atoms with Crippen molar-refractivity contribution in [1.29, 1.82) is 0 Å². The topological polar surface area (TPSA) is 196 Å². The average Bonchev–Trinajstić information content (AvgIpc) is 4.02. The molecular formula is C51H66ClN13O4S. The van der Waals surface area contributed by atoms with Gasteiger partial charge in [0, 0.05) is 57.9 Å². The van der Waals surface area contributed by atoms with Crippen LogP contribution in [0.15, 0.2) is 78.1 Å². The van der Waals surface area contributed by atoms with Gasteiger partial charge in [-0.05, 0) is 133 Å². The Kier molecular flexibility index (Phi) is 16.1. The van der Waals surface area contributed by atoms with Gasteiger partial charge in [-0.2, -0.15) is 9.97 Å². The van der Waals surface area contributed by atoms with E-state index in [-0.39, 0.29) is 21.9 Å². The second-order valence-electron chi connectivity index (χ2n) is 18.9. The maximum Gasteiger partial charge on any atom is 0.270 e. The maximum atomic E-state index is 12.9. The van der Waals surface area contributed by atoms with Crippen LogP contribution < -0.4 is 36.2 Å². The first-order valence-corrected chi connectivity index (χ1v) is 26.3. The Morgan fingerprint density at radius 3 is 2.20 bits per heavy atom. The smallest absolute Gasteiger partial charge is 0.270 e. The molecule has 9 rings (SSSR count). The van der Waals surface area contributed by atoms with E-state index in [4.69, 9.17) is 21.3 Å². The molecule has 1 saturated carbocycles. The summed E-state index contributed by atoms with van der Waals surface area (Å²) in [5.41, 5.74) is 6.24. The molecule has 1 aliphatic carbocycles. The van der Waals surface area contributed by atoms with Crippen LogP contribution in [0.1, 0.15) is 99.8 Å². The first kappa shape index (κ1) is 50.3. The molecule has 2 aromatic carbocycles. The van der Waals surface area contributed by atoms with E-state index < -0.39 is 15.1 Å². The molecule has 19 heteroatoms. The zero-order chi connectivity index (χ0) is 49.5. The minimum Gasteiger partial charge on any atom is -0.489 e. The summed E-state index contributed by atoms with van der Waals surface area (Å²) in [5, 5.41) is 17.0. The lowest BCUT2D eigenvalue weighted by molar-refractivity contribution is 0.0815. The maximum absolute atomic E-state index is 12.9. The molecule has 0 radical (unpaired) electrons. The van der Waals surface area contributed by atoms with Crippen LogP contribution in [-0.4, -0.2) is 113 Å². The molecule has 2 saturated heterocycles. The molecule has 2 aliphatic heterocycles. The van der Waals surface area contributed by atoms with Crippen LogP contribution in [0.25, 0.3) is 11.0 Å². The van der Waals surface area contributed by atoms with Crippen molar-refractivity contribution in [3.8, 4) is 5.75 Å². The standard InChI is InChI=1S/C28H36ClN5O3S.C23H30N8O/c1-17(2)37-25-15-21(20-10-12-30-13-11-20)19(5)14-24(25)33-28-31-16-22(29)27(34-28)32-23-8-6-7-9-26(23)38(35,36)18(3)4;1-29(2)22(32)19-13-16-14-26-23(28-21(16)31(19)17-5-3-4-6-17)27-20-8-7-18(15-25-20)30-11-9-24-10-12-30/h6-9,14-18,20,30H,10-13H2,1-5H3,(H2,31,32,33,34);7-8,13-15,17,24H,3-6,9-12H2,1-2H3,(H,25,26,27,28). The zero-order valence-corrected chi connectivity index (χ0v) is 42.8. The predicted octanol–water partition coefficient (Wildman–Crippen LogP) is 9.16. The number of piperidine rings is 1. The Bertz CT molecular complexity index is 2880. The fraction of sp³-hybridized carbons (Fsp3) is 0.451. The van der Waals surface area contributed by atoms with E-state index in [1.54, 1.807) is 63.3 Å². The molecule has 70 heavy (non-hydrogen) atoms. The van der Waals surface area contributed by atoms with E-state index >= 15 is 0 Å². The Morgan fingerprint density at radius 2 is 1.51 bits per heavy atom. The van der Waals surface area contributed by atoms with Gasteiger partial charge in [0.15, 0.2) is 15.7 Å². The monoisotopic (exact) mass is 991 g/mol. The number of benzene rings is 2. The molecule has 6 heterocycles. The van der Waals surface area contributed by atoms with Crippen LogP contribution in [0.4, 0.5) is 40.6 Å². The van der Waals surface area contributed by atoms with Gasteiger partial charge in [-0.15, -0.1) is 0 Å². The molecule has 17 nitrogen and oxygen atoms in total. The number of fused-ring (bicyclic) bond motifs is 1. The highest BCUT2D eigenvalue weighted by Gasteiger charge is 2.28. The molecular weight excluding hydrogens is 926 g/mol. The molecule has 3 aliphatic rings. The van der Waals surface area contributed by atoms with Crippen LogP contribution in [-0.2, 0) is 9.84 Å². The van der Waals surface area contributed by atoms with Crippen molar-refractivity contribution in [3.05, 3.63) is 95.0 Å². The van der Waals surface area contributed by atoms with Crippen LogP contribution >= 0.6 is 11.6 Å². The number of amides is 1. The summed E-state index contributed by atoms with van der Waals surface area (Å²) in [4.78, 5) is 39.8. The van der Waals surface area contributed by atoms with Gasteiger partial charge in [-0.3, -0.25) is 4.79 Å². The average molecular weight is 993 g/mol. The molecule has 3 fully saturated rings. The number of pyridine rings is 1. The first-order valence-electron chi connectivity index (χ1n) is 24.4. The van der Waals surface area contributed by atoms with E-state index in [0.717, 1.165) is 93.1 Å². The molecule has 0 spiro atoms. The van der Waals surface area contributed by atoms with Crippen molar-refractivity contribution in [2.75, 3.05) is 74.2 Å². The molecule has 0 bridgehead atoms. The first-order chi connectivity index (χ1) is 33.7. The molecule has 5 N–H and O–H groups in total.